The maximum absolute atomic E-state index is 12.1. The summed E-state index contributed by atoms with van der Waals surface area (Å²) in [6, 6.07) is 14.9. The van der Waals surface area contributed by atoms with Crippen LogP contribution in [0, 0.1) is 0 Å². The van der Waals surface area contributed by atoms with Crippen LogP contribution < -0.4 is 20.3 Å². The van der Waals surface area contributed by atoms with Crippen LogP contribution in [0.2, 0.25) is 0 Å². The molecule has 0 bridgehead atoms. The lowest BCUT2D eigenvalue weighted by atomic mass is 10.1. The minimum Gasteiger partial charge on any atom is -0.497 e. The van der Waals surface area contributed by atoms with Crippen molar-refractivity contribution in [1.29, 1.82) is 0 Å². The SMILES string of the molecule is CCC(=NNC(=O)CCC(=O)NN=C(CC)c1ccc(OC)cc1)c1ccc(OC)cc1. The normalized spacial score (nSPS) is 11.6. The first-order valence-corrected chi connectivity index (χ1v) is 10.5. The summed E-state index contributed by atoms with van der Waals surface area (Å²) in [6.07, 6.45) is 1.31. The number of amides is 2. The third-order valence-corrected chi connectivity index (χ3v) is 4.73. The van der Waals surface area contributed by atoms with Crippen molar-refractivity contribution >= 4 is 23.2 Å². The van der Waals surface area contributed by atoms with Gasteiger partial charge in [-0.1, -0.05) is 13.8 Å². The Morgan fingerprint density at radius 3 is 1.31 bits per heavy atom. The van der Waals surface area contributed by atoms with Crippen LogP contribution in [-0.4, -0.2) is 37.5 Å². The predicted molar refractivity (Wildman–Crippen MR) is 125 cm³/mol. The second-order valence-corrected chi connectivity index (χ2v) is 6.85. The van der Waals surface area contributed by atoms with Gasteiger partial charge in [-0.25, -0.2) is 10.9 Å². The van der Waals surface area contributed by atoms with Crippen LogP contribution >= 0.6 is 0 Å². The van der Waals surface area contributed by atoms with E-state index in [0.717, 1.165) is 34.0 Å². The molecule has 2 rings (SSSR count). The molecule has 0 unspecified atom stereocenters. The minimum atomic E-state index is -0.338. The third-order valence-electron chi connectivity index (χ3n) is 4.73. The largest absolute Gasteiger partial charge is 0.497 e. The van der Waals surface area contributed by atoms with Crippen LogP contribution in [0.1, 0.15) is 50.7 Å². The van der Waals surface area contributed by atoms with Gasteiger partial charge >= 0.3 is 0 Å². The molecular formula is C24H30N4O4. The van der Waals surface area contributed by atoms with Crippen LogP contribution in [-0.2, 0) is 9.59 Å². The van der Waals surface area contributed by atoms with E-state index in [1.165, 1.54) is 0 Å². The van der Waals surface area contributed by atoms with E-state index in [9.17, 15) is 9.59 Å². The molecule has 2 amide bonds. The highest BCUT2D eigenvalue weighted by atomic mass is 16.5. The van der Waals surface area contributed by atoms with Crippen LogP contribution in [0.3, 0.4) is 0 Å². The van der Waals surface area contributed by atoms with Crippen LogP contribution in [0.4, 0.5) is 0 Å². The Hall–Kier alpha value is -3.68. The van der Waals surface area contributed by atoms with Gasteiger partial charge in [0.15, 0.2) is 0 Å². The zero-order valence-electron chi connectivity index (χ0n) is 19.0. The molecule has 8 heteroatoms. The summed E-state index contributed by atoms with van der Waals surface area (Å²) < 4.78 is 10.3. The summed E-state index contributed by atoms with van der Waals surface area (Å²) >= 11 is 0. The molecular weight excluding hydrogens is 408 g/mol. The van der Waals surface area contributed by atoms with Crippen LogP contribution in [0.5, 0.6) is 11.5 Å². The first kappa shape index (κ1) is 24.6. The molecule has 0 aromatic heterocycles. The van der Waals surface area contributed by atoms with Gasteiger partial charge in [0.1, 0.15) is 11.5 Å². The quantitative estimate of drug-likeness (QED) is 0.413. The topological polar surface area (TPSA) is 101 Å². The van der Waals surface area contributed by atoms with E-state index in [-0.39, 0.29) is 24.7 Å². The van der Waals surface area contributed by atoms with E-state index >= 15 is 0 Å². The summed E-state index contributed by atoms with van der Waals surface area (Å²) in [5.74, 6) is 0.823. The lowest BCUT2D eigenvalue weighted by Crippen LogP contribution is -2.24. The van der Waals surface area contributed by atoms with Gasteiger partial charge < -0.3 is 9.47 Å². The first-order chi connectivity index (χ1) is 15.5. The molecule has 0 fully saturated rings. The number of benzene rings is 2. The number of hydrogen-bond donors (Lipinski definition) is 2. The zero-order valence-corrected chi connectivity index (χ0v) is 19.0. The summed E-state index contributed by atoms with van der Waals surface area (Å²) in [5, 5.41) is 8.39. The smallest absolute Gasteiger partial charge is 0.240 e. The Bertz CT molecular complexity index is 871. The molecule has 0 saturated carbocycles. The van der Waals surface area contributed by atoms with E-state index in [4.69, 9.17) is 9.47 Å². The van der Waals surface area contributed by atoms with Crippen molar-refractivity contribution in [3.8, 4) is 11.5 Å². The monoisotopic (exact) mass is 438 g/mol. The second-order valence-electron chi connectivity index (χ2n) is 6.85. The molecule has 32 heavy (non-hydrogen) atoms. The summed E-state index contributed by atoms with van der Waals surface area (Å²) in [6.45, 7) is 3.91. The van der Waals surface area contributed by atoms with Gasteiger partial charge in [-0.3, -0.25) is 9.59 Å². The summed E-state index contributed by atoms with van der Waals surface area (Å²) in [7, 11) is 3.21. The van der Waals surface area contributed by atoms with Crippen molar-refractivity contribution in [3.05, 3.63) is 59.7 Å². The average molecular weight is 439 g/mol. The number of nitrogens with one attached hydrogen (secondary N) is 2. The van der Waals surface area contributed by atoms with Crippen molar-refractivity contribution < 1.29 is 19.1 Å². The molecule has 0 spiro atoms. The fourth-order valence-electron chi connectivity index (χ4n) is 2.86. The fraction of sp³-hybridized carbons (Fsp3) is 0.333. The molecule has 0 saturated heterocycles. The highest BCUT2D eigenvalue weighted by Crippen LogP contribution is 2.14. The number of rotatable bonds is 11. The Morgan fingerprint density at radius 2 is 1.03 bits per heavy atom. The molecule has 170 valence electrons. The molecule has 8 nitrogen and oxygen atoms in total. The highest BCUT2D eigenvalue weighted by molar-refractivity contribution is 6.01. The number of ether oxygens (including phenoxy) is 2. The number of hydrazone groups is 2. The Labute approximate surface area is 188 Å². The van der Waals surface area contributed by atoms with E-state index in [1.54, 1.807) is 14.2 Å². The number of carbonyl (C=O) groups is 2. The third kappa shape index (κ3) is 7.54. The molecule has 0 aliphatic heterocycles. The van der Waals surface area contributed by atoms with Crippen molar-refractivity contribution in [2.75, 3.05) is 14.2 Å². The van der Waals surface area contributed by atoms with E-state index < -0.39 is 0 Å². The fourth-order valence-corrected chi connectivity index (χ4v) is 2.86. The molecule has 0 radical (unpaired) electrons. The Morgan fingerprint density at radius 1 is 0.688 bits per heavy atom. The van der Waals surface area contributed by atoms with Crippen molar-refractivity contribution in [3.63, 3.8) is 0 Å². The van der Waals surface area contributed by atoms with E-state index in [0.29, 0.717) is 12.8 Å². The molecule has 2 aromatic carbocycles. The molecule has 0 atom stereocenters. The van der Waals surface area contributed by atoms with Crippen LogP contribution in [0.15, 0.2) is 58.7 Å². The Balaban J connectivity index is 1.85. The maximum atomic E-state index is 12.1. The van der Waals surface area contributed by atoms with E-state index in [2.05, 4.69) is 21.1 Å². The molecule has 0 aliphatic carbocycles. The lowest BCUT2D eigenvalue weighted by Gasteiger charge is -2.07. The Kier molecular flexibility index (Phi) is 9.90. The lowest BCUT2D eigenvalue weighted by molar-refractivity contribution is -0.126. The number of methoxy groups -OCH3 is 2. The average Bonchev–Trinajstić information content (AvgIpc) is 2.84. The van der Waals surface area contributed by atoms with Gasteiger partial charge in [-0.15, -0.1) is 0 Å². The molecule has 0 heterocycles. The first-order valence-electron chi connectivity index (χ1n) is 10.5. The predicted octanol–water partition coefficient (Wildman–Crippen LogP) is 3.64. The van der Waals surface area contributed by atoms with Gasteiger partial charge in [-0.2, -0.15) is 10.2 Å². The minimum absolute atomic E-state index is 0.00839. The van der Waals surface area contributed by atoms with Crippen molar-refractivity contribution in [2.24, 2.45) is 10.2 Å². The highest BCUT2D eigenvalue weighted by Gasteiger charge is 2.09. The van der Waals surface area contributed by atoms with Gasteiger partial charge in [0.05, 0.1) is 25.6 Å². The number of hydrogen-bond acceptors (Lipinski definition) is 6. The summed E-state index contributed by atoms with van der Waals surface area (Å²) in [5.41, 5.74) is 8.30. The van der Waals surface area contributed by atoms with Crippen LogP contribution in [0.25, 0.3) is 0 Å². The van der Waals surface area contributed by atoms with Gasteiger partial charge in [0.25, 0.3) is 0 Å². The van der Waals surface area contributed by atoms with Crippen molar-refractivity contribution in [2.45, 2.75) is 39.5 Å². The number of nitrogens with zero attached hydrogens (tertiary/aromatic N) is 2. The standard InChI is InChI=1S/C24H30N4O4/c1-5-21(17-7-11-19(31-3)12-8-17)25-27-23(29)15-16-24(30)28-26-22(6-2)18-9-13-20(32-4)14-10-18/h7-14H,5-6,15-16H2,1-4H3,(H,27,29)(H,28,30). The second kappa shape index (κ2) is 12.9. The molecule has 2 aromatic rings. The number of carbonyl (C=O) groups excluding carboxylic acids is 2. The summed E-state index contributed by atoms with van der Waals surface area (Å²) in [4.78, 5) is 24.2. The van der Waals surface area contributed by atoms with Gasteiger partial charge in [0.2, 0.25) is 11.8 Å². The molecule has 2 N–H and O–H groups in total. The van der Waals surface area contributed by atoms with Gasteiger partial charge in [-0.05, 0) is 72.5 Å². The maximum Gasteiger partial charge on any atom is 0.240 e. The van der Waals surface area contributed by atoms with Crippen molar-refractivity contribution in [1.82, 2.24) is 10.9 Å². The molecule has 0 aliphatic rings. The zero-order chi connectivity index (χ0) is 23.3. The van der Waals surface area contributed by atoms with E-state index in [1.807, 2.05) is 62.4 Å². The van der Waals surface area contributed by atoms with Gasteiger partial charge in [0, 0.05) is 12.8 Å².